The molecule has 0 heterocycles. The lowest BCUT2D eigenvalue weighted by molar-refractivity contribution is 0.403. The SMILES string of the molecule is CC#CCNC(C)c1cc(Cl)ccc1OC. The van der Waals surface area contributed by atoms with Crippen molar-refractivity contribution in [3.05, 3.63) is 28.8 Å². The van der Waals surface area contributed by atoms with Crippen molar-refractivity contribution in [1.82, 2.24) is 5.32 Å². The summed E-state index contributed by atoms with van der Waals surface area (Å²) in [6.07, 6.45) is 0. The summed E-state index contributed by atoms with van der Waals surface area (Å²) in [4.78, 5) is 0. The first kappa shape index (κ1) is 12.9. The average molecular weight is 238 g/mol. The van der Waals surface area contributed by atoms with Crippen LogP contribution in [0, 0.1) is 11.8 Å². The van der Waals surface area contributed by atoms with Crippen LogP contribution >= 0.6 is 11.6 Å². The van der Waals surface area contributed by atoms with Gasteiger partial charge in [-0.1, -0.05) is 17.5 Å². The van der Waals surface area contributed by atoms with Crippen LogP contribution in [-0.2, 0) is 0 Å². The molecule has 0 aliphatic heterocycles. The van der Waals surface area contributed by atoms with Crippen molar-refractivity contribution in [2.24, 2.45) is 0 Å². The fourth-order valence-electron chi connectivity index (χ4n) is 1.45. The molecule has 0 radical (unpaired) electrons. The second-order valence-corrected chi connectivity index (χ2v) is 3.85. The smallest absolute Gasteiger partial charge is 0.123 e. The van der Waals surface area contributed by atoms with E-state index in [1.165, 1.54) is 0 Å². The molecule has 3 heteroatoms. The predicted molar refractivity (Wildman–Crippen MR) is 67.9 cm³/mol. The number of halogens is 1. The molecule has 1 aromatic carbocycles. The van der Waals surface area contributed by atoms with Crippen LogP contribution in [0.15, 0.2) is 18.2 Å². The van der Waals surface area contributed by atoms with Crippen molar-refractivity contribution in [3.8, 4) is 17.6 Å². The van der Waals surface area contributed by atoms with Crippen molar-refractivity contribution in [1.29, 1.82) is 0 Å². The monoisotopic (exact) mass is 237 g/mol. The highest BCUT2D eigenvalue weighted by molar-refractivity contribution is 6.30. The van der Waals surface area contributed by atoms with Gasteiger partial charge < -0.3 is 4.74 Å². The Balaban J connectivity index is 2.82. The summed E-state index contributed by atoms with van der Waals surface area (Å²) < 4.78 is 5.29. The number of nitrogens with one attached hydrogen (secondary N) is 1. The predicted octanol–water partition coefficient (Wildman–Crippen LogP) is 3.02. The molecule has 1 atom stereocenters. The summed E-state index contributed by atoms with van der Waals surface area (Å²) in [5, 5.41) is 4.00. The van der Waals surface area contributed by atoms with Crippen molar-refractivity contribution < 1.29 is 4.74 Å². The summed E-state index contributed by atoms with van der Waals surface area (Å²) in [6, 6.07) is 5.77. The maximum atomic E-state index is 5.97. The van der Waals surface area contributed by atoms with Gasteiger partial charge in [-0.05, 0) is 32.0 Å². The number of ether oxygens (including phenoxy) is 1. The topological polar surface area (TPSA) is 21.3 Å². The summed E-state index contributed by atoms with van der Waals surface area (Å²) in [6.45, 7) is 4.55. The van der Waals surface area contributed by atoms with Gasteiger partial charge in [0.05, 0.1) is 13.7 Å². The molecule has 0 aliphatic carbocycles. The van der Waals surface area contributed by atoms with Crippen LogP contribution in [0.2, 0.25) is 5.02 Å². The minimum atomic E-state index is 0.162. The van der Waals surface area contributed by atoms with Crippen LogP contribution in [0.5, 0.6) is 5.75 Å². The lowest BCUT2D eigenvalue weighted by Gasteiger charge is -2.16. The Labute approximate surface area is 102 Å². The Morgan fingerprint density at radius 2 is 2.25 bits per heavy atom. The highest BCUT2D eigenvalue weighted by atomic mass is 35.5. The lowest BCUT2D eigenvalue weighted by atomic mass is 10.1. The molecule has 0 saturated heterocycles. The van der Waals surface area contributed by atoms with E-state index in [1.807, 2.05) is 25.1 Å². The molecule has 0 saturated carbocycles. The fraction of sp³-hybridized carbons (Fsp3) is 0.385. The van der Waals surface area contributed by atoms with Crippen molar-refractivity contribution in [2.75, 3.05) is 13.7 Å². The fourth-order valence-corrected chi connectivity index (χ4v) is 1.63. The first-order valence-electron chi connectivity index (χ1n) is 5.15. The summed E-state index contributed by atoms with van der Waals surface area (Å²) >= 11 is 5.97. The van der Waals surface area contributed by atoms with Crippen LogP contribution in [0.25, 0.3) is 0 Å². The number of methoxy groups -OCH3 is 1. The van der Waals surface area contributed by atoms with Gasteiger partial charge in [-0.3, -0.25) is 5.32 Å². The number of rotatable bonds is 4. The Bertz CT molecular complexity index is 406. The highest BCUT2D eigenvalue weighted by Gasteiger charge is 2.10. The molecule has 0 aromatic heterocycles. The first-order chi connectivity index (χ1) is 7.69. The standard InChI is InChI=1S/C13H16ClNO/c1-4-5-8-15-10(2)12-9-11(14)6-7-13(12)16-3/h6-7,9-10,15H,8H2,1-3H3. The van der Waals surface area contributed by atoms with Gasteiger partial charge in [0.15, 0.2) is 0 Å². The Hall–Kier alpha value is -1.17. The van der Waals surface area contributed by atoms with Crippen LogP contribution in [0.3, 0.4) is 0 Å². The van der Waals surface area contributed by atoms with Gasteiger partial charge in [-0.25, -0.2) is 0 Å². The summed E-state index contributed by atoms with van der Waals surface area (Å²) in [5.41, 5.74) is 1.05. The van der Waals surface area contributed by atoms with Crippen LogP contribution < -0.4 is 10.1 Å². The van der Waals surface area contributed by atoms with Crippen LogP contribution in [0.1, 0.15) is 25.5 Å². The molecule has 1 aromatic rings. The first-order valence-corrected chi connectivity index (χ1v) is 5.53. The molecule has 16 heavy (non-hydrogen) atoms. The second-order valence-electron chi connectivity index (χ2n) is 3.42. The third-order valence-electron chi connectivity index (χ3n) is 2.33. The van der Waals surface area contributed by atoms with E-state index >= 15 is 0 Å². The maximum absolute atomic E-state index is 5.97. The van der Waals surface area contributed by atoms with E-state index in [0.29, 0.717) is 11.6 Å². The minimum absolute atomic E-state index is 0.162. The lowest BCUT2D eigenvalue weighted by Crippen LogP contribution is -2.19. The maximum Gasteiger partial charge on any atom is 0.123 e. The summed E-state index contributed by atoms with van der Waals surface area (Å²) in [7, 11) is 1.66. The molecule has 86 valence electrons. The van der Waals surface area contributed by atoms with E-state index in [1.54, 1.807) is 7.11 Å². The zero-order valence-corrected chi connectivity index (χ0v) is 10.6. The Kier molecular flexibility index (Phi) is 5.18. The van der Waals surface area contributed by atoms with E-state index in [-0.39, 0.29) is 6.04 Å². The third kappa shape index (κ3) is 3.44. The van der Waals surface area contributed by atoms with Crippen LogP contribution in [-0.4, -0.2) is 13.7 Å². The van der Waals surface area contributed by atoms with Gasteiger partial charge in [-0.15, -0.1) is 5.92 Å². The molecule has 0 amide bonds. The van der Waals surface area contributed by atoms with Gasteiger partial charge >= 0.3 is 0 Å². The number of benzene rings is 1. The quantitative estimate of drug-likeness (QED) is 0.813. The van der Waals surface area contributed by atoms with Gasteiger partial charge in [0, 0.05) is 16.6 Å². The van der Waals surface area contributed by atoms with E-state index in [4.69, 9.17) is 16.3 Å². The molecule has 0 fully saturated rings. The Morgan fingerprint density at radius 3 is 2.88 bits per heavy atom. The largest absolute Gasteiger partial charge is 0.496 e. The minimum Gasteiger partial charge on any atom is -0.496 e. The van der Waals surface area contributed by atoms with E-state index in [0.717, 1.165) is 11.3 Å². The van der Waals surface area contributed by atoms with Gasteiger partial charge in [0.25, 0.3) is 0 Å². The van der Waals surface area contributed by atoms with E-state index in [2.05, 4.69) is 24.1 Å². The average Bonchev–Trinajstić information content (AvgIpc) is 2.29. The molecule has 1 rings (SSSR count). The molecule has 1 unspecified atom stereocenters. The molecule has 1 N–H and O–H groups in total. The zero-order valence-electron chi connectivity index (χ0n) is 9.80. The second kappa shape index (κ2) is 6.42. The van der Waals surface area contributed by atoms with Gasteiger partial charge in [0.1, 0.15) is 5.75 Å². The molecule has 0 spiro atoms. The van der Waals surface area contributed by atoms with Crippen LogP contribution in [0.4, 0.5) is 0 Å². The molecule has 0 bridgehead atoms. The summed E-state index contributed by atoms with van der Waals surface area (Å²) in [5.74, 6) is 6.65. The number of hydrogen-bond acceptors (Lipinski definition) is 2. The highest BCUT2D eigenvalue weighted by Crippen LogP contribution is 2.27. The van der Waals surface area contributed by atoms with Crippen molar-refractivity contribution >= 4 is 11.6 Å². The van der Waals surface area contributed by atoms with E-state index in [9.17, 15) is 0 Å². The number of hydrogen-bond donors (Lipinski definition) is 1. The van der Waals surface area contributed by atoms with E-state index < -0.39 is 0 Å². The molecular formula is C13H16ClNO. The zero-order chi connectivity index (χ0) is 12.0. The van der Waals surface area contributed by atoms with Gasteiger partial charge in [0.2, 0.25) is 0 Å². The Morgan fingerprint density at radius 1 is 1.50 bits per heavy atom. The molecule has 2 nitrogen and oxygen atoms in total. The van der Waals surface area contributed by atoms with Gasteiger partial charge in [-0.2, -0.15) is 0 Å². The van der Waals surface area contributed by atoms with Crippen molar-refractivity contribution in [2.45, 2.75) is 19.9 Å². The van der Waals surface area contributed by atoms with Crippen molar-refractivity contribution in [3.63, 3.8) is 0 Å². The molecular weight excluding hydrogens is 222 g/mol. The normalized spacial score (nSPS) is 11.5. The third-order valence-corrected chi connectivity index (χ3v) is 2.57. The molecule has 0 aliphatic rings.